The van der Waals surface area contributed by atoms with Gasteiger partial charge in [0, 0.05) is 41.7 Å². The van der Waals surface area contributed by atoms with Crippen molar-refractivity contribution in [2.45, 2.75) is 6.54 Å². The Balaban J connectivity index is 1.94. The molecule has 82 valence electrons. The van der Waals surface area contributed by atoms with E-state index in [0.29, 0.717) is 12.5 Å². The van der Waals surface area contributed by atoms with E-state index in [2.05, 4.69) is 20.8 Å². The standard InChI is InChI=1S/C11H13BrClNO/c12-10-2-1-9(11(13)3-10)6-14-4-8(5-14)7-15/h1-3,8,15H,4-7H2. The smallest absolute Gasteiger partial charge is 0.0483 e. The molecule has 0 saturated carbocycles. The lowest BCUT2D eigenvalue weighted by Crippen LogP contribution is -2.47. The Morgan fingerprint density at radius 1 is 1.47 bits per heavy atom. The molecule has 2 nitrogen and oxygen atoms in total. The van der Waals surface area contributed by atoms with Crippen LogP contribution in [0.4, 0.5) is 0 Å². The number of hydrogen-bond donors (Lipinski definition) is 1. The minimum absolute atomic E-state index is 0.296. The van der Waals surface area contributed by atoms with Gasteiger partial charge in [-0.1, -0.05) is 33.6 Å². The number of nitrogens with zero attached hydrogens (tertiary/aromatic N) is 1. The lowest BCUT2D eigenvalue weighted by atomic mass is 10.0. The molecule has 1 N–H and O–H groups in total. The van der Waals surface area contributed by atoms with Crippen molar-refractivity contribution in [2.75, 3.05) is 19.7 Å². The number of rotatable bonds is 3. The average molecular weight is 291 g/mol. The van der Waals surface area contributed by atoms with E-state index in [1.54, 1.807) is 0 Å². The van der Waals surface area contributed by atoms with Crippen LogP contribution >= 0.6 is 27.5 Å². The molecule has 1 aliphatic rings. The molecule has 0 aliphatic carbocycles. The predicted molar refractivity (Wildman–Crippen MR) is 65.0 cm³/mol. The van der Waals surface area contributed by atoms with Crippen molar-refractivity contribution in [3.63, 3.8) is 0 Å². The Kier molecular flexibility index (Phi) is 3.67. The minimum atomic E-state index is 0.296. The zero-order valence-electron chi connectivity index (χ0n) is 8.29. The summed E-state index contributed by atoms with van der Waals surface area (Å²) in [6.45, 7) is 3.12. The topological polar surface area (TPSA) is 23.5 Å². The second-order valence-corrected chi connectivity index (χ2v) is 5.30. The molecule has 1 aromatic rings. The van der Waals surface area contributed by atoms with E-state index in [0.717, 1.165) is 34.7 Å². The zero-order chi connectivity index (χ0) is 10.8. The molecule has 1 saturated heterocycles. The first kappa shape index (κ1) is 11.4. The van der Waals surface area contributed by atoms with Crippen LogP contribution in [-0.2, 0) is 6.54 Å². The Labute approximate surface area is 103 Å². The van der Waals surface area contributed by atoms with Crippen molar-refractivity contribution in [3.8, 4) is 0 Å². The van der Waals surface area contributed by atoms with E-state index >= 15 is 0 Å². The second-order valence-electron chi connectivity index (χ2n) is 3.98. The van der Waals surface area contributed by atoms with Crippen LogP contribution in [-0.4, -0.2) is 29.7 Å². The highest BCUT2D eigenvalue weighted by Gasteiger charge is 2.25. The highest BCUT2D eigenvalue weighted by molar-refractivity contribution is 9.10. The lowest BCUT2D eigenvalue weighted by molar-refractivity contribution is 0.0479. The molecule has 0 bridgehead atoms. The van der Waals surface area contributed by atoms with Crippen molar-refractivity contribution in [1.29, 1.82) is 0 Å². The van der Waals surface area contributed by atoms with Crippen molar-refractivity contribution < 1.29 is 5.11 Å². The van der Waals surface area contributed by atoms with Crippen molar-refractivity contribution in [3.05, 3.63) is 33.3 Å². The summed E-state index contributed by atoms with van der Waals surface area (Å²) in [5, 5.41) is 9.70. The first-order chi connectivity index (χ1) is 7.19. The van der Waals surface area contributed by atoms with E-state index in [4.69, 9.17) is 16.7 Å². The number of halogens is 2. The number of benzene rings is 1. The fraction of sp³-hybridized carbons (Fsp3) is 0.455. The van der Waals surface area contributed by atoms with Crippen molar-refractivity contribution in [2.24, 2.45) is 5.92 Å². The van der Waals surface area contributed by atoms with Crippen molar-refractivity contribution in [1.82, 2.24) is 4.90 Å². The van der Waals surface area contributed by atoms with Gasteiger partial charge in [-0.25, -0.2) is 0 Å². The number of likely N-dealkylation sites (tertiary alicyclic amines) is 1. The molecule has 1 aliphatic heterocycles. The molecule has 0 unspecified atom stereocenters. The van der Waals surface area contributed by atoms with Crippen LogP contribution in [0, 0.1) is 5.92 Å². The molecule has 0 aromatic heterocycles. The highest BCUT2D eigenvalue weighted by atomic mass is 79.9. The normalized spacial score (nSPS) is 17.8. The van der Waals surface area contributed by atoms with Crippen LogP contribution in [0.5, 0.6) is 0 Å². The summed E-state index contributed by atoms with van der Waals surface area (Å²) in [7, 11) is 0. The molecule has 1 heterocycles. The molecule has 0 atom stereocenters. The van der Waals surface area contributed by atoms with Crippen LogP contribution in [0.1, 0.15) is 5.56 Å². The summed E-state index contributed by atoms with van der Waals surface area (Å²) in [4.78, 5) is 2.29. The molecular formula is C11H13BrClNO. The van der Waals surface area contributed by atoms with E-state index in [9.17, 15) is 0 Å². The maximum Gasteiger partial charge on any atom is 0.0483 e. The van der Waals surface area contributed by atoms with Gasteiger partial charge in [-0.2, -0.15) is 0 Å². The van der Waals surface area contributed by atoms with Gasteiger partial charge in [0.2, 0.25) is 0 Å². The third-order valence-corrected chi connectivity index (χ3v) is 3.55. The predicted octanol–water partition coefficient (Wildman–Crippen LogP) is 2.53. The van der Waals surface area contributed by atoms with Crippen LogP contribution < -0.4 is 0 Å². The molecule has 0 radical (unpaired) electrons. The molecule has 4 heteroatoms. The lowest BCUT2D eigenvalue weighted by Gasteiger charge is -2.38. The quantitative estimate of drug-likeness (QED) is 0.925. The van der Waals surface area contributed by atoms with E-state index in [1.807, 2.05) is 18.2 Å². The van der Waals surface area contributed by atoms with Crippen LogP contribution in [0.3, 0.4) is 0 Å². The Morgan fingerprint density at radius 2 is 2.20 bits per heavy atom. The maximum absolute atomic E-state index is 8.90. The van der Waals surface area contributed by atoms with Gasteiger partial charge in [-0.15, -0.1) is 0 Å². The number of aliphatic hydroxyl groups excluding tert-OH is 1. The minimum Gasteiger partial charge on any atom is -0.396 e. The van der Waals surface area contributed by atoms with Crippen LogP contribution in [0.2, 0.25) is 5.02 Å². The summed E-state index contributed by atoms with van der Waals surface area (Å²) < 4.78 is 1.01. The van der Waals surface area contributed by atoms with Crippen LogP contribution in [0.25, 0.3) is 0 Å². The van der Waals surface area contributed by atoms with Gasteiger partial charge < -0.3 is 5.11 Å². The molecule has 1 aromatic carbocycles. The van der Waals surface area contributed by atoms with Gasteiger partial charge in [0.1, 0.15) is 0 Å². The fourth-order valence-corrected chi connectivity index (χ4v) is 2.55. The first-order valence-corrected chi connectivity index (χ1v) is 6.13. The largest absolute Gasteiger partial charge is 0.396 e. The summed E-state index contributed by atoms with van der Waals surface area (Å²) >= 11 is 9.50. The number of aliphatic hydroxyl groups is 1. The maximum atomic E-state index is 8.90. The Hall–Kier alpha value is -0.0900. The third kappa shape index (κ3) is 2.72. The molecule has 0 amide bonds. The average Bonchev–Trinajstić information content (AvgIpc) is 2.13. The monoisotopic (exact) mass is 289 g/mol. The number of hydrogen-bond acceptors (Lipinski definition) is 2. The van der Waals surface area contributed by atoms with Gasteiger partial charge in [0.15, 0.2) is 0 Å². The van der Waals surface area contributed by atoms with E-state index in [-0.39, 0.29) is 0 Å². The SMILES string of the molecule is OCC1CN(Cc2ccc(Br)cc2Cl)C1. The van der Waals surface area contributed by atoms with Crippen LogP contribution in [0.15, 0.2) is 22.7 Å². The molecule has 2 rings (SSSR count). The summed E-state index contributed by atoms with van der Waals surface area (Å²) in [5.74, 6) is 0.458. The highest BCUT2D eigenvalue weighted by Crippen LogP contribution is 2.25. The molecular weight excluding hydrogens is 277 g/mol. The summed E-state index contributed by atoms with van der Waals surface area (Å²) in [5.41, 5.74) is 1.15. The Bertz CT molecular complexity index is 352. The summed E-state index contributed by atoms with van der Waals surface area (Å²) in [6.07, 6.45) is 0. The Morgan fingerprint density at radius 3 is 2.80 bits per heavy atom. The molecule has 0 spiro atoms. The van der Waals surface area contributed by atoms with Gasteiger partial charge in [0.05, 0.1) is 0 Å². The van der Waals surface area contributed by atoms with Gasteiger partial charge in [0.25, 0.3) is 0 Å². The summed E-state index contributed by atoms with van der Waals surface area (Å²) in [6, 6.07) is 5.96. The van der Waals surface area contributed by atoms with Crippen molar-refractivity contribution >= 4 is 27.5 Å². The van der Waals surface area contributed by atoms with E-state index < -0.39 is 0 Å². The first-order valence-electron chi connectivity index (χ1n) is 4.96. The van der Waals surface area contributed by atoms with Gasteiger partial charge >= 0.3 is 0 Å². The third-order valence-electron chi connectivity index (χ3n) is 2.70. The second kappa shape index (κ2) is 4.83. The zero-order valence-corrected chi connectivity index (χ0v) is 10.6. The van der Waals surface area contributed by atoms with Gasteiger partial charge in [-0.3, -0.25) is 4.90 Å². The molecule has 15 heavy (non-hydrogen) atoms. The molecule has 1 fully saturated rings. The van der Waals surface area contributed by atoms with E-state index in [1.165, 1.54) is 0 Å². The fourth-order valence-electron chi connectivity index (χ4n) is 1.81. The van der Waals surface area contributed by atoms with Gasteiger partial charge in [-0.05, 0) is 17.7 Å².